The van der Waals surface area contributed by atoms with E-state index in [1.807, 2.05) is 5.38 Å². The summed E-state index contributed by atoms with van der Waals surface area (Å²) >= 11 is 1.47. The molecule has 0 saturated carbocycles. The number of anilines is 2. The molecule has 0 radical (unpaired) electrons. The van der Waals surface area contributed by atoms with Gasteiger partial charge in [-0.3, -0.25) is 9.59 Å². The van der Waals surface area contributed by atoms with Crippen molar-refractivity contribution in [1.82, 2.24) is 19.7 Å². The Bertz CT molecular complexity index is 904. The van der Waals surface area contributed by atoms with Gasteiger partial charge in [-0.05, 0) is 18.2 Å². The molecule has 1 aromatic carbocycles. The maximum atomic E-state index is 12.1. The number of hydrogen-bond donors (Lipinski definition) is 2. The summed E-state index contributed by atoms with van der Waals surface area (Å²) < 4.78 is 1.64. The molecule has 134 valence electrons. The van der Waals surface area contributed by atoms with Crippen LogP contribution in [0.4, 0.5) is 11.5 Å². The number of nitrogens with one attached hydrogen (secondary N) is 2. The van der Waals surface area contributed by atoms with E-state index >= 15 is 0 Å². The second-order valence-electron chi connectivity index (χ2n) is 5.64. The van der Waals surface area contributed by atoms with Gasteiger partial charge in [-0.2, -0.15) is 0 Å². The van der Waals surface area contributed by atoms with Gasteiger partial charge in [0.1, 0.15) is 5.82 Å². The van der Waals surface area contributed by atoms with Crippen LogP contribution in [0.2, 0.25) is 0 Å². The molecule has 0 atom stereocenters. The zero-order valence-corrected chi connectivity index (χ0v) is 15.2. The van der Waals surface area contributed by atoms with Crippen molar-refractivity contribution in [2.45, 2.75) is 0 Å². The van der Waals surface area contributed by atoms with Crippen molar-refractivity contribution in [3.05, 3.63) is 53.7 Å². The Hall–Kier alpha value is -3.20. The third-order valence-electron chi connectivity index (χ3n) is 3.43. The van der Waals surface area contributed by atoms with E-state index < -0.39 is 0 Å². The van der Waals surface area contributed by atoms with Crippen LogP contribution >= 0.6 is 11.3 Å². The maximum absolute atomic E-state index is 12.1. The molecule has 0 saturated heterocycles. The number of carbonyl (C=O) groups is 2. The topological polar surface area (TPSA) is 92.2 Å². The predicted molar refractivity (Wildman–Crippen MR) is 101 cm³/mol. The first-order valence-electron chi connectivity index (χ1n) is 7.84. The van der Waals surface area contributed by atoms with Gasteiger partial charge in [0, 0.05) is 49.2 Å². The summed E-state index contributed by atoms with van der Waals surface area (Å²) in [4.78, 5) is 29.8. The highest BCUT2D eigenvalue weighted by atomic mass is 32.1. The summed E-state index contributed by atoms with van der Waals surface area (Å²) in [7, 11) is 3.37. The third-order valence-corrected chi connectivity index (χ3v) is 4.19. The fourth-order valence-corrected chi connectivity index (χ4v) is 2.79. The molecule has 8 nitrogen and oxygen atoms in total. The van der Waals surface area contributed by atoms with Crippen LogP contribution in [0.25, 0.3) is 5.13 Å². The Morgan fingerprint density at radius 3 is 2.85 bits per heavy atom. The normalized spacial score (nSPS) is 10.4. The third kappa shape index (κ3) is 4.25. The zero-order chi connectivity index (χ0) is 18.5. The molecule has 3 rings (SSSR count). The predicted octanol–water partition coefficient (Wildman–Crippen LogP) is 2.08. The lowest BCUT2D eigenvalue weighted by atomic mass is 10.2. The van der Waals surface area contributed by atoms with Gasteiger partial charge < -0.3 is 15.5 Å². The molecule has 2 aromatic heterocycles. The minimum absolute atomic E-state index is 0.0563. The van der Waals surface area contributed by atoms with Gasteiger partial charge in [-0.15, -0.1) is 16.4 Å². The Morgan fingerprint density at radius 2 is 2.12 bits per heavy atom. The van der Waals surface area contributed by atoms with Crippen molar-refractivity contribution in [1.29, 1.82) is 0 Å². The van der Waals surface area contributed by atoms with Crippen LogP contribution in [0.1, 0.15) is 10.4 Å². The summed E-state index contributed by atoms with van der Waals surface area (Å²) in [5.41, 5.74) is 1.08. The second kappa shape index (κ2) is 7.79. The monoisotopic (exact) mass is 370 g/mol. The van der Waals surface area contributed by atoms with E-state index in [9.17, 15) is 9.59 Å². The van der Waals surface area contributed by atoms with Crippen LogP contribution < -0.4 is 10.6 Å². The molecule has 2 heterocycles. The molecule has 0 aliphatic heterocycles. The van der Waals surface area contributed by atoms with Crippen LogP contribution in [0, 0.1) is 0 Å². The minimum atomic E-state index is -0.233. The summed E-state index contributed by atoms with van der Waals surface area (Å²) in [5, 5.41) is 12.7. The molecule has 0 aliphatic rings. The van der Waals surface area contributed by atoms with Crippen LogP contribution in [0.5, 0.6) is 0 Å². The first-order valence-corrected chi connectivity index (χ1v) is 8.72. The van der Waals surface area contributed by atoms with Gasteiger partial charge in [-0.25, -0.2) is 9.67 Å². The lowest BCUT2D eigenvalue weighted by Gasteiger charge is -2.11. The summed E-state index contributed by atoms with van der Waals surface area (Å²) in [6.07, 6.45) is 3.48. The highest BCUT2D eigenvalue weighted by Gasteiger charge is 2.10. The molecule has 0 fully saturated rings. The van der Waals surface area contributed by atoms with E-state index in [0.29, 0.717) is 17.1 Å². The van der Waals surface area contributed by atoms with Gasteiger partial charge in [0.25, 0.3) is 5.91 Å². The minimum Gasteiger partial charge on any atom is -0.360 e. The van der Waals surface area contributed by atoms with E-state index in [2.05, 4.69) is 20.7 Å². The molecule has 2 N–H and O–H groups in total. The van der Waals surface area contributed by atoms with Crippen molar-refractivity contribution >= 4 is 34.7 Å². The van der Waals surface area contributed by atoms with E-state index in [1.165, 1.54) is 16.2 Å². The summed E-state index contributed by atoms with van der Waals surface area (Å²) in [6.45, 7) is 0.0563. The van der Waals surface area contributed by atoms with E-state index in [4.69, 9.17) is 0 Å². The van der Waals surface area contributed by atoms with Crippen molar-refractivity contribution in [2.75, 3.05) is 31.3 Å². The van der Waals surface area contributed by atoms with Crippen LogP contribution in [0.3, 0.4) is 0 Å². The van der Waals surface area contributed by atoms with E-state index in [-0.39, 0.29) is 18.4 Å². The molecule has 26 heavy (non-hydrogen) atoms. The van der Waals surface area contributed by atoms with Crippen LogP contribution in [0.15, 0.2) is 48.1 Å². The quantitative estimate of drug-likeness (QED) is 0.693. The number of amides is 2. The Morgan fingerprint density at radius 1 is 1.27 bits per heavy atom. The SMILES string of the molecule is CN(C)C(=O)c1cccc(NC(=O)CNc2ccn(-c3nccs3)n2)c1. The van der Waals surface area contributed by atoms with Crippen LogP contribution in [-0.2, 0) is 4.79 Å². The molecule has 2 amide bonds. The van der Waals surface area contributed by atoms with Crippen LogP contribution in [-0.4, -0.2) is 52.1 Å². The smallest absolute Gasteiger partial charge is 0.253 e. The molecule has 0 aliphatic carbocycles. The Balaban J connectivity index is 1.56. The van der Waals surface area contributed by atoms with Crippen molar-refractivity contribution in [3.63, 3.8) is 0 Å². The molecule has 0 bridgehead atoms. The maximum Gasteiger partial charge on any atom is 0.253 e. The van der Waals surface area contributed by atoms with Gasteiger partial charge in [0.2, 0.25) is 11.0 Å². The molecule has 3 aromatic rings. The molecule has 0 unspecified atom stereocenters. The lowest BCUT2D eigenvalue weighted by molar-refractivity contribution is -0.114. The largest absolute Gasteiger partial charge is 0.360 e. The highest BCUT2D eigenvalue weighted by Crippen LogP contribution is 2.13. The second-order valence-corrected chi connectivity index (χ2v) is 6.52. The van der Waals surface area contributed by atoms with Gasteiger partial charge >= 0.3 is 0 Å². The molecular formula is C17H18N6O2S. The van der Waals surface area contributed by atoms with Crippen molar-refractivity contribution in [2.24, 2.45) is 0 Å². The first kappa shape index (κ1) is 17.6. The number of thiazole rings is 1. The fourth-order valence-electron chi connectivity index (χ4n) is 2.22. The molecular weight excluding hydrogens is 352 g/mol. The van der Waals surface area contributed by atoms with Gasteiger partial charge in [-0.1, -0.05) is 6.07 Å². The van der Waals surface area contributed by atoms with E-state index in [0.717, 1.165) is 5.13 Å². The standard InChI is InChI=1S/C17H18N6O2S/c1-22(2)16(25)12-4-3-5-13(10-12)20-15(24)11-19-14-6-8-23(21-14)17-18-7-9-26-17/h3-10H,11H2,1-2H3,(H,19,21)(H,20,24). The molecule has 0 spiro atoms. The summed E-state index contributed by atoms with van der Waals surface area (Å²) in [5.74, 6) is 0.224. The molecule has 9 heteroatoms. The Kier molecular flexibility index (Phi) is 5.28. The number of rotatable bonds is 6. The van der Waals surface area contributed by atoms with E-state index in [1.54, 1.807) is 61.5 Å². The lowest BCUT2D eigenvalue weighted by Crippen LogP contribution is -2.23. The average molecular weight is 370 g/mol. The zero-order valence-electron chi connectivity index (χ0n) is 14.3. The average Bonchev–Trinajstić information content (AvgIpc) is 3.30. The van der Waals surface area contributed by atoms with Crippen molar-refractivity contribution in [3.8, 4) is 5.13 Å². The Labute approximate surface area is 154 Å². The van der Waals surface area contributed by atoms with Gasteiger partial charge in [0.15, 0.2) is 0 Å². The van der Waals surface area contributed by atoms with Crippen molar-refractivity contribution < 1.29 is 9.59 Å². The number of benzene rings is 1. The first-order chi connectivity index (χ1) is 12.5. The fraction of sp³-hybridized carbons (Fsp3) is 0.176. The number of hydrogen-bond acceptors (Lipinski definition) is 6. The number of aromatic nitrogens is 3. The summed E-state index contributed by atoms with van der Waals surface area (Å²) in [6, 6.07) is 8.60. The van der Waals surface area contributed by atoms with Gasteiger partial charge in [0.05, 0.1) is 6.54 Å². The number of carbonyl (C=O) groups excluding carboxylic acids is 2. The highest BCUT2D eigenvalue weighted by molar-refractivity contribution is 7.12. The number of nitrogens with zero attached hydrogens (tertiary/aromatic N) is 4.